The van der Waals surface area contributed by atoms with Crippen molar-refractivity contribution in [2.24, 2.45) is 5.84 Å². The number of nitrogens with zero attached hydrogens (tertiary/aromatic N) is 2. The number of nitrogens with two attached hydrogens (primary N) is 1. The minimum atomic E-state index is 0.326. The molecule has 1 saturated heterocycles. The topological polar surface area (TPSA) is 55.9 Å². The Bertz CT molecular complexity index is 369. The molecule has 0 saturated carbocycles. The zero-order chi connectivity index (χ0) is 13.0. The van der Waals surface area contributed by atoms with Gasteiger partial charge in [-0.25, -0.2) is 0 Å². The maximum absolute atomic E-state index is 5.75. The second-order valence-corrected chi connectivity index (χ2v) is 7.36. The molecule has 102 valence electrons. The highest BCUT2D eigenvalue weighted by Gasteiger charge is 2.30. The van der Waals surface area contributed by atoms with Crippen molar-refractivity contribution in [1.82, 2.24) is 15.2 Å². The van der Waals surface area contributed by atoms with Crippen LogP contribution in [0.5, 0.6) is 0 Å². The zero-order valence-electron chi connectivity index (χ0n) is 11.0. The number of hydrogen-bond acceptors (Lipinski definition) is 5. The van der Waals surface area contributed by atoms with Crippen LogP contribution in [0.4, 0.5) is 0 Å². The number of aromatic nitrogens is 2. The summed E-state index contributed by atoms with van der Waals surface area (Å²) in [5, 5.41) is 5.56. The van der Waals surface area contributed by atoms with Crippen molar-refractivity contribution in [3.05, 3.63) is 18.0 Å². The van der Waals surface area contributed by atoms with Crippen molar-refractivity contribution in [3.63, 3.8) is 0 Å². The van der Waals surface area contributed by atoms with Crippen LogP contribution in [0.25, 0.3) is 0 Å². The predicted octanol–water partition coefficient (Wildman–Crippen LogP) is 1.51. The third-order valence-electron chi connectivity index (χ3n) is 3.31. The molecule has 1 aromatic heterocycles. The fourth-order valence-corrected chi connectivity index (χ4v) is 5.24. The zero-order valence-corrected chi connectivity index (χ0v) is 12.6. The van der Waals surface area contributed by atoms with E-state index in [2.05, 4.69) is 42.3 Å². The number of thioether (sulfide) groups is 2. The van der Waals surface area contributed by atoms with Crippen molar-refractivity contribution < 1.29 is 0 Å². The van der Waals surface area contributed by atoms with Gasteiger partial charge in [0.15, 0.2) is 0 Å². The standard InChI is InChI=1S/C12H22N4S2/c1-3-16-8-10(7-14-16)6-11(15-13)12-9(2)17-4-5-18-12/h7-9,11-12,15H,3-6,13H2,1-2H3. The normalized spacial score (nSPS) is 26.2. The van der Waals surface area contributed by atoms with Crippen LogP contribution in [0.2, 0.25) is 0 Å². The Labute approximate surface area is 117 Å². The van der Waals surface area contributed by atoms with Crippen molar-refractivity contribution >= 4 is 23.5 Å². The fraction of sp³-hybridized carbons (Fsp3) is 0.750. The molecule has 1 aliphatic heterocycles. The van der Waals surface area contributed by atoms with E-state index >= 15 is 0 Å². The highest BCUT2D eigenvalue weighted by atomic mass is 32.2. The van der Waals surface area contributed by atoms with E-state index in [0.717, 1.165) is 13.0 Å². The highest BCUT2D eigenvalue weighted by Crippen LogP contribution is 2.33. The van der Waals surface area contributed by atoms with Gasteiger partial charge in [-0.2, -0.15) is 28.6 Å². The summed E-state index contributed by atoms with van der Waals surface area (Å²) in [7, 11) is 0. The molecule has 0 spiro atoms. The molecule has 1 aliphatic rings. The van der Waals surface area contributed by atoms with Gasteiger partial charge in [-0.15, -0.1) is 0 Å². The summed E-state index contributed by atoms with van der Waals surface area (Å²) in [5.74, 6) is 8.24. The first-order chi connectivity index (χ1) is 8.74. The number of hydrazine groups is 1. The number of nitrogens with one attached hydrogen (secondary N) is 1. The summed E-state index contributed by atoms with van der Waals surface area (Å²) in [6.07, 6.45) is 5.04. The molecule has 3 atom stereocenters. The molecule has 18 heavy (non-hydrogen) atoms. The van der Waals surface area contributed by atoms with Gasteiger partial charge in [0.05, 0.1) is 6.20 Å². The number of rotatable bonds is 5. The van der Waals surface area contributed by atoms with E-state index < -0.39 is 0 Å². The van der Waals surface area contributed by atoms with Gasteiger partial charge < -0.3 is 0 Å². The fourth-order valence-electron chi connectivity index (χ4n) is 2.30. The smallest absolute Gasteiger partial charge is 0.0522 e. The molecular weight excluding hydrogens is 264 g/mol. The molecule has 0 bridgehead atoms. The number of aryl methyl sites for hydroxylation is 1. The minimum Gasteiger partial charge on any atom is -0.273 e. The molecule has 0 radical (unpaired) electrons. The third kappa shape index (κ3) is 3.44. The Morgan fingerprint density at radius 3 is 2.94 bits per heavy atom. The molecular formula is C12H22N4S2. The van der Waals surface area contributed by atoms with Crippen LogP contribution < -0.4 is 11.3 Å². The van der Waals surface area contributed by atoms with Crippen molar-refractivity contribution in [1.29, 1.82) is 0 Å². The van der Waals surface area contributed by atoms with E-state index in [1.54, 1.807) is 0 Å². The van der Waals surface area contributed by atoms with Crippen LogP contribution >= 0.6 is 23.5 Å². The van der Waals surface area contributed by atoms with Crippen molar-refractivity contribution in [3.8, 4) is 0 Å². The van der Waals surface area contributed by atoms with Gasteiger partial charge in [-0.3, -0.25) is 16.0 Å². The maximum Gasteiger partial charge on any atom is 0.0522 e. The van der Waals surface area contributed by atoms with Crippen LogP contribution in [-0.2, 0) is 13.0 Å². The highest BCUT2D eigenvalue weighted by molar-refractivity contribution is 8.07. The predicted molar refractivity (Wildman–Crippen MR) is 80.9 cm³/mol. The SMILES string of the molecule is CCn1cc(CC(NN)C2SCCSC2C)cn1. The second kappa shape index (κ2) is 6.84. The van der Waals surface area contributed by atoms with Crippen molar-refractivity contribution in [2.45, 2.75) is 43.4 Å². The Balaban J connectivity index is 1.99. The molecule has 2 rings (SSSR count). The van der Waals surface area contributed by atoms with Gasteiger partial charge in [0.1, 0.15) is 0 Å². The van der Waals surface area contributed by atoms with Gasteiger partial charge >= 0.3 is 0 Å². The molecule has 0 amide bonds. The number of hydrogen-bond donors (Lipinski definition) is 2. The Morgan fingerprint density at radius 1 is 1.56 bits per heavy atom. The average Bonchev–Trinajstić information content (AvgIpc) is 2.85. The van der Waals surface area contributed by atoms with Crippen LogP contribution in [0.15, 0.2) is 12.4 Å². The summed E-state index contributed by atoms with van der Waals surface area (Å²) in [6, 6.07) is 0.326. The van der Waals surface area contributed by atoms with Gasteiger partial charge in [0.2, 0.25) is 0 Å². The second-order valence-electron chi connectivity index (χ2n) is 4.59. The molecule has 1 aromatic rings. The van der Waals surface area contributed by atoms with Crippen molar-refractivity contribution in [2.75, 3.05) is 11.5 Å². The first-order valence-electron chi connectivity index (χ1n) is 6.45. The molecule has 3 N–H and O–H groups in total. The van der Waals surface area contributed by atoms with E-state index in [-0.39, 0.29) is 0 Å². The molecule has 4 nitrogen and oxygen atoms in total. The van der Waals surface area contributed by atoms with Crippen LogP contribution in [-0.4, -0.2) is 37.8 Å². The van der Waals surface area contributed by atoms with Gasteiger partial charge in [0, 0.05) is 40.8 Å². The molecule has 6 heteroatoms. The molecule has 0 aromatic carbocycles. The van der Waals surface area contributed by atoms with Crippen LogP contribution in [0.3, 0.4) is 0 Å². The van der Waals surface area contributed by atoms with Crippen LogP contribution in [0.1, 0.15) is 19.4 Å². The molecule has 3 unspecified atom stereocenters. The van der Waals surface area contributed by atoms with Crippen LogP contribution in [0, 0.1) is 0 Å². The lowest BCUT2D eigenvalue weighted by Gasteiger charge is -2.33. The van der Waals surface area contributed by atoms with Gasteiger partial charge in [-0.05, 0) is 18.9 Å². The molecule has 0 aliphatic carbocycles. The average molecular weight is 286 g/mol. The lowest BCUT2D eigenvalue weighted by molar-refractivity contribution is 0.501. The molecule has 1 fully saturated rings. The summed E-state index contributed by atoms with van der Waals surface area (Å²) in [5.41, 5.74) is 4.27. The summed E-state index contributed by atoms with van der Waals surface area (Å²) in [6.45, 7) is 5.33. The largest absolute Gasteiger partial charge is 0.273 e. The maximum atomic E-state index is 5.75. The summed E-state index contributed by atoms with van der Waals surface area (Å²) in [4.78, 5) is 0. The first-order valence-corrected chi connectivity index (χ1v) is 8.55. The van der Waals surface area contributed by atoms with E-state index in [4.69, 9.17) is 5.84 Å². The quantitative estimate of drug-likeness (QED) is 0.635. The van der Waals surface area contributed by atoms with Gasteiger partial charge in [0.25, 0.3) is 0 Å². The van der Waals surface area contributed by atoms with E-state index in [1.807, 2.05) is 22.6 Å². The first kappa shape index (κ1) is 14.2. The summed E-state index contributed by atoms with van der Waals surface area (Å²) < 4.78 is 1.97. The third-order valence-corrected chi connectivity index (χ3v) is 6.57. The Hall–Kier alpha value is -0.170. The Morgan fingerprint density at radius 2 is 2.33 bits per heavy atom. The molecule has 2 heterocycles. The lowest BCUT2D eigenvalue weighted by Crippen LogP contribution is -2.48. The lowest BCUT2D eigenvalue weighted by atomic mass is 10.0. The summed E-state index contributed by atoms with van der Waals surface area (Å²) >= 11 is 4.10. The van der Waals surface area contributed by atoms with E-state index in [0.29, 0.717) is 16.5 Å². The monoisotopic (exact) mass is 286 g/mol. The van der Waals surface area contributed by atoms with Gasteiger partial charge in [-0.1, -0.05) is 6.92 Å². The minimum absolute atomic E-state index is 0.326. The van der Waals surface area contributed by atoms with E-state index in [1.165, 1.54) is 17.1 Å². The van der Waals surface area contributed by atoms with E-state index in [9.17, 15) is 0 Å². The Kier molecular flexibility index (Phi) is 5.41.